The summed E-state index contributed by atoms with van der Waals surface area (Å²) in [6.07, 6.45) is 0.352. The first-order valence-corrected chi connectivity index (χ1v) is 6.86. The van der Waals surface area contributed by atoms with Gasteiger partial charge in [0.15, 0.2) is 17.3 Å². The average molecular weight is 284 g/mol. The first-order valence-electron chi connectivity index (χ1n) is 6.86. The van der Waals surface area contributed by atoms with Crippen LogP contribution in [0.4, 0.5) is 0 Å². The van der Waals surface area contributed by atoms with Gasteiger partial charge in [-0.05, 0) is 43.2 Å². The van der Waals surface area contributed by atoms with Gasteiger partial charge in [0, 0.05) is 12.0 Å². The molecule has 3 heteroatoms. The number of hydrogen-bond donors (Lipinski definition) is 0. The van der Waals surface area contributed by atoms with Crippen molar-refractivity contribution in [3.8, 4) is 11.5 Å². The lowest BCUT2D eigenvalue weighted by molar-refractivity contribution is 0.0992. The van der Waals surface area contributed by atoms with E-state index < -0.39 is 0 Å². The van der Waals surface area contributed by atoms with Crippen LogP contribution >= 0.6 is 0 Å². The number of methoxy groups -OCH3 is 2. The molecule has 0 N–H and O–H groups in total. The van der Waals surface area contributed by atoms with E-state index in [-0.39, 0.29) is 5.78 Å². The van der Waals surface area contributed by atoms with Crippen LogP contribution in [0.1, 0.15) is 27.0 Å². The van der Waals surface area contributed by atoms with E-state index in [9.17, 15) is 4.79 Å². The van der Waals surface area contributed by atoms with E-state index in [1.807, 2.05) is 50.2 Å². The summed E-state index contributed by atoms with van der Waals surface area (Å²) >= 11 is 0. The normalized spacial score (nSPS) is 10.3. The zero-order valence-electron chi connectivity index (χ0n) is 12.9. The Kier molecular flexibility index (Phi) is 4.63. The number of rotatable bonds is 5. The molecule has 21 heavy (non-hydrogen) atoms. The van der Waals surface area contributed by atoms with Crippen molar-refractivity contribution >= 4 is 5.78 Å². The molecule has 2 aromatic carbocycles. The maximum Gasteiger partial charge on any atom is 0.167 e. The predicted octanol–water partition coefficient (Wildman–Crippen LogP) is 3.75. The molecule has 0 bridgehead atoms. The molecule has 0 spiro atoms. The fraction of sp³-hybridized carbons (Fsp3) is 0.278. The molecule has 0 saturated heterocycles. The van der Waals surface area contributed by atoms with Crippen LogP contribution in [0.3, 0.4) is 0 Å². The first-order chi connectivity index (χ1) is 10.0. The van der Waals surface area contributed by atoms with E-state index in [2.05, 4.69) is 0 Å². The van der Waals surface area contributed by atoms with Gasteiger partial charge in [-0.15, -0.1) is 0 Å². The van der Waals surface area contributed by atoms with Crippen LogP contribution in [0.15, 0.2) is 36.4 Å². The molecule has 2 aromatic rings. The molecule has 0 radical (unpaired) electrons. The summed E-state index contributed by atoms with van der Waals surface area (Å²) in [5.41, 5.74) is 3.80. The van der Waals surface area contributed by atoms with E-state index in [0.29, 0.717) is 17.9 Å². The maximum absolute atomic E-state index is 12.5. The summed E-state index contributed by atoms with van der Waals surface area (Å²) in [5.74, 6) is 1.42. The number of aryl methyl sites for hydroxylation is 2. The van der Waals surface area contributed by atoms with Crippen LogP contribution in [0, 0.1) is 13.8 Å². The number of hydrogen-bond acceptors (Lipinski definition) is 3. The molecular weight excluding hydrogens is 264 g/mol. The Balaban J connectivity index is 2.25. The highest BCUT2D eigenvalue weighted by Gasteiger charge is 2.12. The highest BCUT2D eigenvalue weighted by atomic mass is 16.5. The summed E-state index contributed by atoms with van der Waals surface area (Å²) in [7, 11) is 3.19. The first kappa shape index (κ1) is 15.1. The monoisotopic (exact) mass is 284 g/mol. The van der Waals surface area contributed by atoms with Gasteiger partial charge in [-0.2, -0.15) is 0 Å². The Morgan fingerprint density at radius 2 is 1.67 bits per heavy atom. The maximum atomic E-state index is 12.5. The largest absolute Gasteiger partial charge is 0.493 e. The Morgan fingerprint density at radius 3 is 2.33 bits per heavy atom. The molecule has 2 rings (SSSR count). The lowest BCUT2D eigenvalue weighted by atomic mass is 9.97. The average Bonchev–Trinajstić information content (AvgIpc) is 2.49. The zero-order chi connectivity index (χ0) is 15.4. The molecule has 0 fully saturated rings. The van der Waals surface area contributed by atoms with E-state index >= 15 is 0 Å². The van der Waals surface area contributed by atoms with E-state index in [1.54, 1.807) is 14.2 Å². The van der Waals surface area contributed by atoms with Crippen molar-refractivity contribution in [2.75, 3.05) is 14.2 Å². The third-order valence-electron chi connectivity index (χ3n) is 3.51. The van der Waals surface area contributed by atoms with Gasteiger partial charge in [0.25, 0.3) is 0 Å². The van der Waals surface area contributed by atoms with Crippen molar-refractivity contribution in [3.63, 3.8) is 0 Å². The molecule has 0 unspecified atom stereocenters. The smallest absolute Gasteiger partial charge is 0.167 e. The molecule has 0 aliphatic carbocycles. The summed E-state index contributed by atoms with van der Waals surface area (Å²) in [6.45, 7) is 3.95. The molecule has 0 amide bonds. The Bertz CT molecular complexity index is 660. The Hall–Kier alpha value is -2.29. The minimum Gasteiger partial charge on any atom is -0.493 e. The van der Waals surface area contributed by atoms with Crippen molar-refractivity contribution in [3.05, 3.63) is 58.7 Å². The van der Waals surface area contributed by atoms with Crippen LogP contribution in [-0.4, -0.2) is 20.0 Å². The summed E-state index contributed by atoms with van der Waals surface area (Å²) < 4.78 is 10.5. The van der Waals surface area contributed by atoms with Gasteiger partial charge in [-0.3, -0.25) is 4.79 Å². The summed E-state index contributed by atoms with van der Waals surface area (Å²) in [6, 6.07) is 11.5. The van der Waals surface area contributed by atoms with Gasteiger partial charge in [0.2, 0.25) is 0 Å². The quantitative estimate of drug-likeness (QED) is 0.784. The molecule has 0 saturated carbocycles. The van der Waals surface area contributed by atoms with Gasteiger partial charge in [-0.1, -0.05) is 23.8 Å². The number of ketones is 1. The molecule has 0 atom stereocenters. The van der Waals surface area contributed by atoms with E-state index in [0.717, 1.165) is 22.3 Å². The van der Waals surface area contributed by atoms with Crippen LogP contribution in [0.25, 0.3) is 0 Å². The standard InChI is InChI=1S/C18H20O3/c1-12-5-6-13(2)15(9-12)16(19)10-14-7-8-17(20-3)18(11-14)21-4/h5-9,11H,10H2,1-4H3. The number of carbonyl (C=O) groups is 1. The fourth-order valence-corrected chi connectivity index (χ4v) is 2.31. The van der Waals surface area contributed by atoms with Gasteiger partial charge in [0.1, 0.15) is 0 Å². The minimum absolute atomic E-state index is 0.114. The number of carbonyl (C=O) groups excluding carboxylic acids is 1. The third kappa shape index (κ3) is 3.43. The topological polar surface area (TPSA) is 35.5 Å². The van der Waals surface area contributed by atoms with Gasteiger partial charge < -0.3 is 9.47 Å². The van der Waals surface area contributed by atoms with Gasteiger partial charge >= 0.3 is 0 Å². The molecule has 0 aromatic heterocycles. The third-order valence-corrected chi connectivity index (χ3v) is 3.51. The van der Waals surface area contributed by atoms with E-state index in [1.165, 1.54) is 0 Å². The molecule has 3 nitrogen and oxygen atoms in total. The molecular formula is C18H20O3. The number of benzene rings is 2. The van der Waals surface area contributed by atoms with E-state index in [4.69, 9.17) is 9.47 Å². The van der Waals surface area contributed by atoms with Crippen LogP contribution in [0.5, 0.6) is 11.5 Å². The fourth-order valence-electron chi connectivity index (χ4n) is 2.31. The Labute approximate surface area is 125 Å². The SMILES string of the molecule is COc1ccc(CC(=O)c2cc(C)ccc2C)cc1OC. The molecule has 0 heterocycles. The van der Waals surface area contributed by atoms with Gasteiger partial charge in [0.05, 0.1) is 14.2 Å². The van der Waals surface area contributed by atoms with Crippen LogP contribution < -0.4 is 9.47 Å². The molecule has 0 aliphatic rings. The van der Waals surface area contributed by atoms with Crippen LogP contribution in [-0.2, 0) is 6.42 Å². The second-order valence-corrected chi connectivity index (χ2v) is 5.11. The van der Waals surface area contributed by atoms with Crippen molar-refractivity contribution in [1.29, 1.82) is 0 Å². The second-order valence-electron chi connectivity index (χ2n) is 5.11. The highest BCUT2D eigenvalue weighted by Crippen LogP contribution is 2.28. The molecule has 110 valence electrons. The summed E-state index contributed by atoms with van der Waals surface area (Å²) in [5, 5.41) is 0. The minimum atomic E-state index is 0.114. The van der Waals surface area contributed by atoms with Crippen LogP contribution in [0.2, 0.25) is 0 Å². The van der Waals surface area contributed by atoms with Crippen molar-refractivity contribution in [2.24, 2.45) is 0 Å². The lowest BCUT2D eigenvalue weighted by Crippen LogP contribution is -2.06. The zero-order valence-corrected chi connectivity index (χ0v) is 12.9. The van der Waals surface area contributed by atoms with Crippen molar-refractivity contribution in [1.82, 2.24) is 0 Å². The molecule has 0 aliphatic heterocycles. The lowest BCUT2D eigenvalue weighted by Gasteiger charge is -2.10. The van der Waals surface area contributed by atoms with Crippen molar-refractivity contribution < 1.29 is 14.3 Å². The Morgan fingerprint density at radius 1 is 0.952 bits per heavy atom. The van der Waals surface area contributed by atoms with Crippen molar-refractivity contribution in [2.45, 2.75) is 20.3 Å². The highest BCUT2D eigenvalue weighted by molar-refractivity contribution is 5.99. The predicted molar refractivity (Wildman–Crippen MR) is 83.5 cm³/mol. The van der Waals surface area contributed by atoms with Gasteiger partial charge in [-0.25, -0.2) is 0 Å². The number of Topliss-reactive ketones (excluding diaryl/α,β-unsaturated/α-hetero) is 1. The second kappa shape index (κ2) is 6.44. The summed E-state index contributed by atoms with van der Waals surface area (Å²) in [4.78, 5) is 12.5. The number of ether oxygens (including phenoxy) is 2.